The summed E-state index contributed by atoms with van der Waals surface area (Å²) < 4.78 is 6.60. The minimum atomic E-state index is -1.01. The van der Waals surface area contributed by atoms with Gasteiger partial charge in [-0.2, -0.15) is 0 Å². The van der Waals surface area contributed by atoms with Gasteiger partial charge >= 0.3 is 0 Å². The Bertz CT molecular complexity index is 686. The van der Waals surface area contributed by atoms with Crippen LogP contribution in [0.15, 0.2) is 0 Å². The average Bonchev–Trinajstić information content (AvgIpc) is 3.35. The van der Waals surface area contributed by atoms with Crippen molar-refractivity contribution < 1.29 is 24.2 Å². The largest absolute Gasteiger partial charge is 0.394 e. The molecule has 3 aliphatic rings. The van der Waals surface area contributed by atoms with Gasteiger partial charge in [0.15, 0.2) is 0 Å². The fourth-order valence-corrected chi connectivity index (χ4v) is 5.76. The van der Waals surface area contributed by atoms with E-state index < -0.39 is 35.1 Å². The van der Waals surface area contributed by atoms with Crippen molar-refractivity contribution in [2.75, 3.05) is 19.7 Å². The summed E-state index contributed by atoms with van der Waals surface area (Å²) in [7, 11) is 0. The van der Waals surface area contributed by atoms with Gasteiger partial charge in [-0.1, -0.05) is 27.2 Å². The fraction of sp³-hybridized carbons (Fsp3) is 0.864. The Labute approximate surface area is 179 Å². The summed E-state index contributed by atoms with van der Waals surface area (Å²) in [4.78, 5) is 41.6. The number of aliphatic hydroxyl groups is 1. The van der Waals surface area contributed by atoms with Gasteiger partial charge in [0.25, 0.3) is 0 Å². The number of nitrogens with zero attached hydrogens (tertiary/aromatic N) is 1. The maximum atomic E-state index is 13.6. The number of ether oxygens (including phenoxy) is 1. The van der Waals surface area contributed by atoms with Crippen LogP contribution >= 0.6 is 0 Å². The third-order valence-corrected chi connectivity index (χ3v) is 7.27. The van der Waals surface area contributed by atoms with Crippen LogP contribution in [0.25, 0.3) is 0 Å². The molecule has 0 aromatic heterocycles. The van der Waals surface area contributed by atoms with Gasteiger partial charge in [0.05, 0.1) is 30.1 Å². The van der Waals surface area contributed by atoms with Crippen molar-refractivity contribution in [1.29, 1.82) is 0 Å². The second-order valence-corrected chi connectivity index (χ2v) is 9.05. The van der Waals surface area contributed by atoms with Crippen molar-refractivity contribution in [2.45, 2.75) is 89.5 Å². The molecule has 0 saturated carbocycles. The van der Waals surface area contributed by atoms with E-state index in [-0.39, 0.29) is 24.3 Å². The Morgan fingerprint density at radius 1 is 1.17 bits per heavy atom. The van der Waals surface area contributed by atoms with Crippen LogP contribution in [0, 0.1) is 11.8 Å². The lowest BCUT2D eigenvalue weighted by molar-refractivity contribution is -0.150. The van der Waals surface area contributed by atoms with Crippen LogP contribution in [-0.4, -0.2) is 70.7 Å². The molecule has 0 aromatic carbocycles. The highest BCUT2D eigenvalue weighted by atomic mass is 16.5. The third kappa shape index (κ3) is 3.32. The van der Waals surface area contributed by atoms with Crippen LogP contribution in [0.5, 0.6) is 0 Å². The van der Waals surface area contributed by atoms with Gasteiger partial charge in [-0.3, -0.25) is 14.4 Å². The number of amides is 3. The van der Waals surface area contributed by atoms with Crippen LogP contribution in [0.4, 0.5) is 0 Å². The topological polar surface area (TPSA) is 108 Å². The van der Waals surface area contributed by atoms with Crippen molar-refractivity contribution in [1.82, 2.24) is 15.5 Å². The first-order valence-corrected chi connectivity index (χ1v) is 11.5. The van der Waals surface area contributed by atoms with Crippen LogP contribution < -0.4 is 10.6 Å². The molecule has 170 valence electrons. The summed E-state index contributed by atoms with van der Waals surface area (Å²) in [6, 6.07) is -1.36. The smallest absolute Gasteiger partial charge is 0.245 e. The van der Waals surface area contributed by atoms with Crippen LogP contribution in [0.2, 0.25) is 0 Å². The molecule has 6 atom stereocenters. The predicted molar refractivity (Wildman–Crippen MR) is 111 cm³/mol. The molecule has 8 nitrogen and oxygen atoms in total. The van der Waals surface area contributed by atoms with Crippen molar-refractivity contribution in [3.63, 3.8) is 0 Å². The third-order valence-electron chi connectivity index (χ3n) is 7.27. The molecular weight excluding hydrogens is 386 g/mol. The van der Waals surface area contributed by atoms with Crippen molar-refractivity contribution in [2.24, 2.45) is 11.8 Å². The van der Waals surface area contributed by atoms with Crippen LogP contribution in [0.1, 0.15) is 66.2 Å². The number of carbonyl (C=O) groups is 3. The summed E-state index contributed by atoms with van der Waals surface area (Å²) in [6.45, 7) is 8.56. The molecule has 0 aliphatic carbocycles. The number of hydrogen-bond donors (Lipinski definition) is 3. The lowest BCUT2D eigenvalue weighted by atomic mass is 9.65. The summed E-state index contributed by atoms with van der Waals surface area (Å²) in [6.07, 6.45) is 4.43. The number of likely N-dealkylation sites (tertiary alicyclic amines) is 1. The van der Waals surface area contributed by atoms with Crippen molar-refractivity contribution in [3.8, 4) is 0 Å². The van der Waals surface area contributed by atoms with Gasteiger partial charge in [0.1, 0.15) is 11.6 Å². The van der Waals surface area contributed by atoms with E-state index >= 15 is 0 Å². The molecule has 1 spiro atoms. The van der Waals surface area contributed by atoms with Gasteiger partial charge in [-0.05, 0) is 39.0 Å². The average molecular weight is 424 g/mol. The molecule has 8 heteroatoms. The first-order chi connectivity index (χ1) is 14.3. The molecule has 3 fully saturated rings. The van der Waals surface area contributed by atoms with Gasteiger partial charge in [-0.15, -0.1) is 0 Å². The van der Waals surface area contributed by atoms with E-state index in [4.69, 9.17) is 4.74 Å². The van der Waals surface area contributed by atoms with E-state index in [1.165, 1.54) is 4.90 Å². The Morgan fingerprint density at radius 2 is 1.87 bits per heavy atom. The molecule has 3 N–H and O–H groups in total. The predicted octanol–water partition coefficient (Wildman–Crippen LogP) is 0.965. The minimum absolute atomic E-state index is 0.165. The SMILES string of the molecule is CCCCNC(=O)C1N([C@H](C)CO)C(=O)[C@@H]2[C@H](C(=O)NCCC)[C@]3(CC)CCC12O3. The molecule has 0 radical (unpaired) electrons. The van der Waals surface area contributed by atoms with E-state index in [0.717, 1.165) is 19.3 Å². The molecule has 3 amide bonds. The minimum Gasteiger partial charge on any atom is -0.394 e. The van der Waals surface area contributed by atoms with Crippen molar-refractivity contribution in [3.05, 3.63) is 0 Å². The molecule has 3 rings (SSSR count). The molecular formula is C22H37N3O5. The zero-order chi connectivity index (χ0) is 22.1. The number of nitrogens with one attached hydrogen (secondary N) is 2. The second-order valence-electron chi connectivity index (χ2n) is 9.05. The van der Waals surface area contributed by atoms with E-state index in [9.17, 15) is 19.5 Å². The molecule has 3 aliphatic heterocycles. The quantitative estimate of drug-likeness (QED) is 0.454. The molecule has 3 saturated heterocycles. The maximum Gasteiger partial charge on any atom is 0.245 e. The van der Waals surface area contributed by atoms with Gasteiger partial charge in [0.2, 0.25) is 17.7 Å². The van der Waals surface area contributed by atoms with E-state index in [1.807, 2.05) is 20.8 Å². The highest BCUT2D eigenvalue weighted by molar-refractivity contribution is 5.99. The fourth-order valence-electron chi connectivity index (χ4n) is 5.76. The van der Waals surface area contributed by atoms with E-state index in [0.29, 0.717) is 32.4 Å². The summed E-state index contributed by atoms with van der Waals surface area (Å²) in [5.41, 5.74) is -1.73. The summed E-state index contributed by atoms with van der Waals surface area (Å²) in [5.74, 6) is -1.97. The first kappa shape index (κ1) is 23.0. The monoisotopic (exact) mass is 423 g/mol. The molecule has 2 bridgehead atoms. The maximum absolute atomic E-state index is 13.6. The molecule has 2 unspecified atom stereocenters. The van der Waals surface area contributed by atoms with Crippen LogP contribution in [0.3, 0.4) is 0 Å². The second kappa shape index (κ2) is 8.83. The molecule has 0 aromatic rings. The number of rotatable bonds is 10. The highest BCUT2D eigenvalue weighted by Crippen LogP contribution is 2.64. The van der Waals surface area contributed by atoms with Gasteiger partial charge in [-0.25, -0.2) is 0 Å². The standard InChI is InChI=1S/C22H37N3O5/c1-5-8-12-24-19(28)17-22-10-9-21(7-3,30-22)15(18(27)23-11-6-2)16(22)20(29)25(17)14(4)13-26/h14-17,26H,5-13H2,1-4H3,(H,23,27)(H,24,28)/t14-,15-,16+,17?,21+,22?/m1/s1. The van der Waals surface area contributed by atoms with Gasteiger partial charge in [0, 0.05) is 13.1 Å². The Balaban J connectivity index is 2.01. The normalized spacial score (nSPS) is 35.4. The summed E-state index contributed by atoms with van der Waals surface area (Å²) >= 11 is 0. The zero-order valence-corrected chi connectivity index (χ0v) is 18.7. The Kier molecular flexibility index (Phi) is 6.77. The van der Waals surface area contributed by atoms with E-state index in [1.54, 1.807) is 6.92 Å². The number of fused-ring (bicyclic) bond motifs is 1. The molecule has 30 heavy (non-hydrogen) atoms. The molecule has 3 heterocycles. The van der Waals surface area contributed by atoms with E-state index in [2.05, 4.69) is 10.6 Å². The Morgan fingerprint density at radius 3 is 2.47 bits per heavy atom. The number of unbranched alkanes of at least 4 members (excludes halogenated alkanes) is 1. The van der Waals surface area contributed by atoms with Crippen molar-refractivity contribution >= 4 is 17.7 Å². The number of aliphatic hydroxyl groups excluding tert-OH is 1. The van der Waals surface area contributed by atoms with Crippen LogP contribution in [-0.2, 0) is 19.1 Å². The number of carbonyl (C=O) groups excluding carboxylic acids is 3. The lowest BCUT2D eigenvalue weighted by Gasteiger charge is -2.36. The highest BCUT2D eigenvalue weighted by Gasteiger charge is 2.78. The number of hydrogen-bond acceptors (Lipinski definition) is 5. The summed E-state index contributed by atoms with van der Waals surface area (Å²) in [5, 5.41) is 15.7. The Hall–Kier alpha value is -1.67. The van der Waals surface area contributed by atoms with Gasteiger partial charge < -0.3 is 25.4 Å². The lowest BCUT2D eigenvalue weighted by Crippen LogP contribution is -2.57. The zero-order valence-electron chi connectivity index (χ0n) is 18.7. The first-order valence-electron chi connectivity index (χ1n) is 11.5.